The molecule has 1 fully saturated rings. The minimum atomic E-state index is -2.09. The Morgan fingerprint density at radius 2 is 1.88 bits per heavy atom. The van der Waals surface area contributed by atoms with Gasteiger partial charge in [0.25, 0.3) is 11.8 Å². The Balaban J connectivity index is 3.07. The highest BCUT2D eigenvalue weighted by atomic mass is 28.4. The van der Waals surface area contributed by atoms with Crippen LogP contribution in [0.2, 0.25) is 18.1 Å². The van der Waals surface area contributed by atoms with Crippen LogP contribution >= 0.6 is 0 Å². The van der Waals surface area contributed by atoms with Gasteiger partial charge in [0.2, 0.25) is 0 Å². The number of ether oxygens (including phenoxy) is 1. The van der Waals surface area contributed by atoms with E-state index in [9.17, 15) is 14.4 Å². The van der Waals surface area contributed by atoms with E-state index in [2.05, 4.69) is 39.2 Å². The van der Waals surface area contributed by atoms with Crippen LogP contribution in [0, 0.1) is 0 Å². The molecule has 10 nitrogen and oxygen atoms in total. The van der Waals surface area contributed by atoms with Gasteiger partial charge in [-0.25, -0.2) is 9.59 Å². The molecule has 2 unspecified atom stereocenters. The minimum Gasteiger partial charge on any atom is -0.417 e. The molecular weight excluding hydrogens is 360 g/mol. The maximum atomic E-state index is 12.3. The zero-order valence-electron chi connectivity index (χ0n) is 16.3. The van der Waals surface area contributed by atoms with Gasteiger partial charge in [0, 0.05) is 25.5 Å². The highest BCUT2D eigenvalue weighted by Crippen LogP contribution is 2.37. The minimum absolute atomic E-state index is 0.00576. The van der Waals surface area contributed by atoms with Crippen LogP contribution in [0.4, 0.5) is 9.59 Å². The lowest BCUT2D eigenvalue weighted by atomic mass is 10.1. The van der Waals surface area contributed by atoms with E-state index in [0.717, 1.165) is 0 Å². The molecule has 1 aliphatic rings. The third kappa shape index (κ3) is 5.32. The molecule has 1 saturated heterocycles. The van der Waals surface area contributed by atoms with Gasteiger partial charge in [-0.3, -0.25) is 10.1 Å². The quantitative estimate of drug-likeness (QED) is 0.580. The van der Waals surface area contributed by atoms with Gasteiger partial charge >= 0.3 is 12.2 Å². The predicted molar refractivity (Wildman–Crippen MR) is 95.9 cm³/mol. The van der Waals surface area contributed by atoms with E-state index in [4.69, 9.17) is 25.5 Å². The van der Waals surface area contributed by atoms with Gasteiger partial charge in [-0.2, -0.15) is 0 Å². The van der Waals surface area contributed by atoms with Gasteiger partial charge < -0.3 is 25.5 Å². The first-order chi connectivity index (χ1) is 11.7. The molecular formula is C15H30N4O6Si. The Bertz CT molecular complexity index is 565. The molecule has 0 aliphatic carbocycles. The fourth-order valence-corrected chi connectivity index (χ4v) is 3.42. The number of amides is 3. The first kappa shape index (κ1) is 22.2. The molecule has 0 aromatic carbocycles. The summed E-state index contributed by atoms with van der Waals surface area (Å²) in [6.07, 6.45) is -2.31. The SMILES string of the molecule is CC1CC(=O)N(OC(N)=O)C(CCO[Si](C)(C)C(C)(C)C)(OC(N)=O)N1. The first-order valence-corrected chi connectivity index (χ1v) is 11.3. The number of hydrogen-bond donors (Lipinski definition) is 3. The normalized spacial score (nSPS) is 24.3. The maximum absolute atomic E-state index is 12.3. The summed E-state index contributed by atoms with van der Waals surface area (Å²) in [5, 5.41) is 3.56. The number of hydrogen-bond acceptors (Lipinski definition) is 7. The second-order valence-electron chi connectivity index (χ2n) is 7.91. The van der Waals surface area contributed by atoms with E-state index in [1.165, 1.54) is 0 Å². The van der Waals surface area contributed by atoms with Gasteiger partial charge in [-0.15, -0.1) is 5.06 Å². The molecule has 11 heteroatoms. The van der Waals surface area contributed by atoms with Gasteiger partial charge in [-0.05, 0) is 25.1 Å². The molecule has 0 saturated carbocycles. The van der Waals surface area contributed by atoms with Gasteiger partial charge in [-0.1, -0.05) is 20.8 Å². The molecule has 3 amide bonds. The lowest BCUT2D eigenvalue weighted by Gasteiger charge is -2.46. The predicted octanol–water partition coefficient (Wildman–Crippen LogP) is 1.37. The van der Waals surface area contributed by atoms with Crippen molar-refractivity contribution < 1.29 is 28.4 Å². The average molecular weight is 391 g/mol. The topological polar surface area (TPSA) is 146 Å². The number of primary amides is 2. The summed E-state index contributed by atoms with van der Waals surface area (Å²) in [4.78, 5) is 39.8. The molecule has 0 spiro atoms. The lowest BCUT2D eigenvalue weighted by Crippen LogP contribution is -2.70. The summed E-state index contributed by atoms with van der Waals surface area (Å²) in [5.41, 5.74) is 10.2. The summed E-state index contributed by atoms with van der Waals surface area (Å²) in [5.74, 6) is -2.35. The van der Waals surface area contributed by atoms with E-state index in [1.807, 2.05) is 0 Å². The van der Waals surface area contributed by atoms with E-state index >= 15 is 0 Å². The van der Waals surface area contributed by atoms with Crippen molar-refractivity contribution in [1.82, 2.24) is 10.4 Å². The number of rotatable bonds is 6. The van der Waals surface area contributed by atoms with Crippen molar-refractivity contribution >= 4 is 26.4 Å². The van der Waals surface area contributed by atoms with Crippen LogP contribution in [0.5, 0.6) is 0 Å². The number of nitrogens with one attached hydrogen (secondary N) is 1. The number of carbonyl (C=O) groups is 3. The number of nitrogens with two attached hydrogens (primary N) is 2. The molecule has 1 rings (SSSR count). The van der Waals surface area contributed by atoms with Gasteiger partial charge in [0.1, 0.15) is 0 Å². The van der Waals surface area contributed by atoms with Crippen LogP contribution in [0.1, 0.15) is 40.5 Å². The third-order valence-electron chi connectivity index (χ3n) is 4.67. The smallest absolute Gasteiger partial charge is 0.417 e. The van der Waals surface area contributed by atoms with Crippen molar-refractivity contribution in [2.45, 2.75) is 70.6 Å². The first-order valence-electron chi connectivity index (χ1n) is 8.41. The van der Waals surface area contributed by atoms with Crippen molar-refractivity contribution in [2.75, 3.05) is 6.61 Å². The van der Waals surface area contributed by atoms with E-state index < -0.39 is 32.3 Å². The van der Waals surface area contributed by atoms with E-state index in [0.29, 0.717) is 5.06 Å². The monoisotopic (exact) mass is 390 g/mol. The number of hydroxylamine groups is 2. The molecule has 1 heterocycles. The van der Waals surface area contributed by atoms with E-state index in [1.54, 1.807) is 6.92 Å². The molecule has 0 aromatic rings. The summed E-state index contributed by atoms with van der Waals surface area (Å²) >= 11 is 0. The fraction of sp³-hybridized carbons (Fsp3) is 0.800. The van der Waals surface area contributed by atoms with Crippen molar-refractivity contribution in [3.8, 4) is 0 Å². The molecule has 26 heavy (non-hydrogen) atoms. The second kappa shape index (κ2) is 7.80. The molecule has 0 bridgehead atoms. The van der Waals surface area contributed by atoms with Crippen LogP contribution in [-0.4, -0.2) is 50.0 Å². The van der Waals surface area contributed by atoms with Crippen LogP contribution in [0.3, 0.4) is 0 Å². The van der Waals surface area contributed by atoms with E-state index in [-0.39, 0.29) is 30.5 Å². The Hall–Kier alpha value is -1.85. The van der Waals surface area contributed by atoms with Gasteiger partial charge in [0.15, 0.2) is 8.32 Å². The second-order valence-corrected chi connectivity index (χ2v) is 12.7. The van der Waals surface area contributed by atoms with Crippen molar-refractivity contribution in [1.29, 1.82) is 0 Å². The third-order valence-corrected chi connectivity index (χ3v) is 9.21. The Morgan fingerprint density at radius 1 is 1.31 bits per heavy atom. The summed E-state index contributed by atoms with van der Waals surface area (Å²) in [6.45, 7) is 12.3. The highest BCUT2D eigenvalue weighted by Gasteiger charge is 2.51. The summed E-state index contributed by atoms with van der Waals surface area (Å²) in [7, 11) is -2.09. The zero-order valence-corrected chi connectivity index (χ0v) is 17.3. The Morgan fingerprint density at radius 3 is 2.35 bits per heavy atom. The molecule has 1 aliphatic heterocycles. The summed E-state index contributed by atoms with van der Waals surface area (Å²) < 4.78 is 11.3. The Kier molecular flexibility index (Phi) is 6.66. The van der Waals surface area contributed by atoms with Crippen LogP contribution < -0.4 is 16.8 Å². The van der Waals surface area contributed by atoms with Crippen LogP contribution in [0.25, 0.3) is 0 Å². The summed E-state index contributed by atoms with van der Waals surface area (Å²) in [6, 6.07) is -0.345. The van der Waals surface area contributed by atoms with Gasteiger partial charge in [0.05, 0.1) is 0 Å². The molecule has 0 radical (unpaired) electrons. The van der Waals surface area contributed by atoms with Crippen LogP contribution in [0.15, 0.2) is 0 Å². The number of nitrogens with zero attached hydrogens (tertiary/aromatic N) is 1. The van der Waals surface area contributed by atoms with Crippen molar-refractivity contribution in [3.63, 3.8) is 0 Å². The fourth-order valence-electron chi connectivity index (χ4n) is 2.38. The zero-order chi connectivity index (χ0) is 20.3. The number of carbonyl (C=O) groups excluding carboxylic acids is 3. The molecule has 5 N–H and O–H groups in total. The average Bonchev–Trinajstić information content (AvgIpc) is 2.40. The largest absolute Gasteiger partial charge is 0.429 e. The van der Waals surface area contributed by atoms with Crippen molar-refractivity contribution in [3.05, 3.63) is 0 Å². The van der Waals surface area contributed by atoms with Crippen LogP contribution in [-0.2, 0) is 18.8 Å². The highest BCUT2D eigenvalue weighted by molar-refractivity contribution is 6.74. The lowest BCUT2D eigenvalue weighted by molar-refractivity contribution is -0.274. The molecule has 0 aromatic heterocycles. The molecule has 150 valence electrons. The van der Waals surface area contributed by atoms with Crippen molar-refractivity contribution in [2.24, 2.45) is 11.5 Å². The maximum Gasteiger partial charge on any atom is 0.429 e. The standard InChI is InChI=1S/C15H30N4O6Si/c1-10-9-11(20)19(25-13(17)22)15(18-10,24-12(16)21)7-8-23-26(5,6)14(2,3)4/h10,18H,7-9H2,1-6H3,(H2,16,21)(H2,17,22). The Labute approximate surface area is 154 Å². The molecule has 2 atom stereocenters.